The van der Waals surface area contributed by atoms with Gasteiger partial charge in [-0.15, -0.1) is 0 Å². The van der Waals surface area contributed by atoms with Crippen LogP contribution in [0.25, 0.3) is 6.08 Å². The minimum atomic E-state index is -0.775. The van der Waals surface area contributed by atoms with E-state index >= 15 is 0 Å². The molecule has 0 bridgehead atoms. The van der Waals surface area contributed by atoms with E-state index in [9.17, 15) is 19.7 Å². The zero-order valence-electron chi connectivity index (χ0n) is 12.8. The Hall–Kier alpha value is -3.00. The summed E-state index contributed by atoms with van der Waals surface area (Å²) < 4.78 is 5.61. The third kappa shape index (κ3) is 5.85. The normalized spacial score (nSPS) is 10.4. The van der Waals surface area contributed by atoms with E-state index in [2.05, 4.69) is 21.2 Å². The lowest BCUT2D eigenvalue weighted by molar-refractivity contribution is -0.385. The van der Waals surface area contributed by atoms with E-state index < -0.39 is 23.4 Å². The van der Waals surface area contributed by atoms with Crippen LogP contribution in [0.3, 0.4) is 0 Å². The second-order valence-corrected chi connectivity index (χ2v) is 5.73. The minimum absolute atomic E-state index is 0.126. The molecule has 1 N–H and O–H groups in total. The number of carbonyl (C=O) groups is 2. The maximum Gasteiger partial charge on any atom is 0.331 e. The highest BCUT2D eigenvalue weighted by Gasteiger charge is 2.10. The third-order valence-corrected chi connectivity index (χ3v) is 3.48. The number of halogens is 1. The van der Waals surface area contributed by atoms with Crippen LogP contribution in [0.2, 0.25) is 0 Å². The second-order valence-electron chi connectivity index (χ2n) is 4.82. The number of nitrogens with one attached hydrogen (secondary N) is 1. The zero-order chi connectivity index (χ0) is 18.2. The van der Waals surface area contributed by atoms with E-state index in [-0.39, 0.29) is 11.3 Å². The quantitative estimate of drug-likeness (QED) is 0.343. The van der Waals surface area contributed by atoms with Crippen molar-refractivity contribution in [1.82, 2.24) is 0 Å². The van der Waals surface area contributed by atoms with E-state index in [1.165, 1.54) is 24.3 Å². The number of nitrogens with zero attached hydrogens (tertiary/aromatic N) is 1. The van der Waals surface area contributed by atoms with Crippen LogP contribution < -0.4 is 5.32 Å². The number of nitro benzene ring substituents is 1. The molecule has 7 nitrogen and oxygen atoms in total. The number of amides is 1. The Bertz CT molecular complexity index is 835. The summed E-state index contributed by atoms with van der Waals surface area (Å²) in [5.74, 6) is -1.27. The molecule has 0 saturated heterocycles. The van der Waals surface area contributed by atoms with Crippen molar-refractivity contribution in [3.63, 3.8) is 0 Å². The largest absolute Gasteiger partial charge is 0.452 e. The highest BCUT2D eigenvalue weighted by Crippen LogP contribution is 2.19. The number of rotatable bonds is 6. The number of hydrogen-bond donors (Lipinski definition) is 1. The summed E-state index contributed by atoms with van der Waals surface area (Å²) in [4.78, 5) is 33.7. The lowest BCUT2D eigenvalue weighted by atomic mass is 10.1. The average Bonchev–Trinajstić information content (AvgIpc) is 2.58. The van der Waals surface area contributed by atoms with Crippen LogP contribution in [0.4, 0.5) is 11.4 Å². The molecule has 0 unspecified atom stereocenters. The first-order valence-corrected chi connectivity index (χ1v) is 7.88. The number of esters is 1. The van der Waals surface area contributed by atoms with E-state index in [1.54, 1.807) is 24.3 Å². The molecule has 2 aromatic carbocycles. The van der Waals surface area contributed by atoms with E-state index in [0.717, 1.165) is 10.5 Å². The summed E-state index contributed by atoms with van der Waals surface area (Å²) in [6.45, 7) is -0.466. The van der Waals surface area contributed by atoms with Crippen LogP contribution in [-0.4, -0.2) is 23.4 Å². The van der Waals surface area contributed by atoms with Crippen molar-refractivity contribution in [2.75, 3.05) is 11.9 Å². The van der Waals surface area contributed by atoms with Gasteiger partial charge in [-0.05, 0) is 30.3 Å². The smallest absolute Gasteiger partial charge is 0.331 e. The summed E-state index contributed by atoms with van der Waals surface area (Å²) in [5, 5.41) is 13.5. The van der Waals surface area contributed by atoms with Gasteiger partial charge in [-0.1, -0.05) is 34.1 Å². The third-order valence-electron chi connectivity index (χ3n) is 2.99. The van der Waals surface area contributed by atoms with Gasteiger partial charge in [0, 0.05) is 22.3 Å². The number of carbonyl (C=O) groups excluding carboxylic acids is 2. The van der Waals surface area contributed by atoms with E-state index in [4.69, 9.17) is 4.74 Å². The molecule has 0 heterocycles. The average molecular weight is 405 g/mol. The maximum atomic E-state index is 11.7. The van der Waals surface area contributed by atoms with Crippen LogP contribution in [0, 0.1) is 10.1 Å². The Morgan fingerprint density at radius 3 is 2.68 bits per heavy atom. The van der Waals surface area contributed by atoms with Crippen LogP contribution in [0.5, 0.6) is 0 Å². The van der Waals surface area contributed by atoms with Crippen molar-refractivity contribution in [3.05, 3.63) is 74.8 Å². The Balaban J connectivity index is 1.88. The molecule has 25 heavy (non-hydrogen) atoms. The van der Waals surface area contributed by atoms with Crippen molar-refractivity contribution in [2.45, 2.75) is 0 Å². The maximum absolute atomic E-state index is 11.7. The molecular weight excluding hydrogens is 392 g/mol. The summed E-state index contributed by atoms with van der Waals surface area (Å²) in [7, 11) is 0. The number of nitro groups is 1. The van der Waals surface area contributed by atoms with Gasteiger partial charge in [-0.25, -0.2) is 4.79 Å². The van der Waals surface area contributed by atoms with Gasteiger partial charge in [0.15, 0.2) is 6.61 Å². The van der Waals surface area contributed by atoms with Crippen LogP contribution in [0.15, 0.2) is 59.1 Å². The van der Waals surface area contributed by atoms with Crippen molar-refractivity contribution in [3.8, 4) is 0 Å². The molecule has 0 fully saturated rings. The predicted molar refractivity (Wildman–Crippen MR) is 95.9 cm³/mol. The van der Waals surface area contributed by atoms with Gasteiger partial charge in [0.1, 0.15) is 0 Å². The fourth-order valence-corrected chi connectivity index (χ4v) is 2.30. The summed E-state index contributed by atoms with van der Waals surface area (Å²) in [6, 6.07) is 12.9. The van der Waals surface area contributed by atoms with Gasteiger partial charge < -0.3 is 10.1 Å². The lowest BCUT2D eigenvalue weighted by Gasteiger charge is -2.05. The number of para-hydroxylation sites is 1. The van der Waals surface area contributed by atoms with Gasteiger partial charge in [-0.2, -0.15) is 0 Å². The lowest BCUT2D eigenvalue weighted by Crippen LogP contribution is -2.20. The van der Waals surface area contributed by atoms with E-state index in [1.807, 2.05) is 6.07 Å². The Kier molecular flexibility index (Phi) is 6.41. The van der Waals surface area contributed by atoms with Crippen LogP contribution >= 0.6 is 15.9 Å². The first-order chi connectivity index (χ1) is 12.0. The number of benzene rings is 2. The molecule has 8 heteroatoms. The van der Waals surface area contributed by atoms with Crippen LogP contribution in [0.1, 0.15) is 5.56 Å². The fourth-order valence-electron chi connectivity index (χ4n) is 1.90. The van der Waals surface area contributed by atoms with E-state index in [0.29, 0.717) is 5.69 Å². The van der Waals surface area contributed by atoms with Gasteiger partial charge in [0.2, 0.25) is 0 Å². The molecule has 0 spiro atoms. The Morgan fingerprint density at radius 2 is 1.96 bits per heavy atom. The topological polar surface area (TPSA) is 98.5 Å². The number of hydrogen-bond acceptors (Lipinski definition) is 5. The van der Waals surface area contributed by atoms with Crippen molar-refractivity contribution < 1.29 is 19.2 Å². The SMILES string of the molecule is O=C(COC(=O)/C=C/c1ccccc1[N+](=O)[O-])Nc1cccc(Br)c1. The molecule has 0 aliphatic rings. The predicted octanol–water partition coefficient (Wildman–Crippen LogP) is 3.55. The molecule has 1 amide bonds. The van der Waals surface area contributed by atoms with Crippen LogP contribution in [-0.2, 0) is 14.3 Å². The molecule has 0 aromatic heterocycles. The van der Waals surface area contributed by atoms with Gasteiger partial charge in [0.25, 0.3) is 11.6 Å². The monoisotopic (exact) mass is 404 g/mol. The number of anilines is 1. The molecule has 0 atom stereocenters. The van der Waals surface area contributed by atoms with Crippen molar-refractivity contribution in [2.24, 2.45) is 0 Å². The molecule has 0 saturated carbocycles. The molecule has 0 aliphatic heterocycles. The molecule has 2 rings (SSSR count). The highest BCUT2D eigenvalue weighted by atomic mass is 79.9. The van der Waals surface area contributed by atoms with Gasteiger partial charge in [-0.3, -0.25) is 14.9 Å². The zero-order valence-corrected chi connectivity index (χ0v) is 14.4. The van der Waals surface area contributed by atoms with Gasteiger partial charge >= 0.3 is 5.97 Å². The van der Waals surface area contributed by atoms with Crippen molar-refractivity contribution >= 4 is 45.3 Å². The molecule has 128 valence electrons. The molecular formula is C17H13BrN2O5. The van der Waals surface area contributed by atoms with Crippen molar-refractivity contribution in [1.29, 1.82) is 0 Å². The Labute approximate surface area is 151 Å². The highest BCUT2D eigenvalue weighted by molar-refractivity contribution is 9.10. The summed E-state index contributed by atoms with van der Waals surface area (Å²) in [5.41, 5.74) is 0.702. The standard InChI is InChI=1S/C17H13BrN2O5/c18-13-5-3-6-14(10-13)19-16(21)11-25-17(22)9-8-12-4-1-2-7-15(12)20(23)24/h1-10H,11H2,(H,19,21)/b9-8+. The van der Waals surface area contributed by atoms with Gasteiger partial charge in [0.05, 0.1) is 10.5 Å². The summed E-state index contributed by atoms with van der Waals surface area (Å²) in [6.07, 6.45) is 2.31. The first kappa shape index (κ1) is 18.3. The second kappa shape index (κ2) is 8.74. The Morgan fingerprint density at radius 1 is 1.20 bits per heavy atom. The summed E-state index contributed by atoms with van der Waals surface area (Å²) >= 11 is 3.28. The minimum Gasteiger partial charge on any atom is -0.452 e. The fraction of sp³-hybridized carbons (Fsp3) is 0.0588. The number of ether oxygens (including phenoxy) is 1. The molecule has 0 aliphatic carbocycles. The first-order valence-electron chi connectivity index (χ1n) is 7.09. The molecule has 0 radical (unpaired) electrons. The molecule has 2 aromatic rings.